The second-order valence-electron chi connectivity index (χ2n) is 5.98. The summed E-state index contributed by atoms with van der Waals surface area (Å²) in [5, 5.41) is 15.0. The Bertz CT molecular complexity index is 982. The number of aryl methyl sites for hydroxylation is 1. The Morgan fingerprint density at radius 2 is 2.19 bits per heavy atom. The van der Waals surface area contributed by atoms with Crippen LogP contribution < -0.4 is 10.6 Å². The van der Waals surface area contributed by atoms with Gasteiger partial charge < -0.3 is 10.4 Å². The van der Waals surface area contributed by atoms with Crippen LogP contribution in [0.25, 0.3) is 16.0 Å². The van der Waals surface area contributed by atoms with Crippen molar-refractivity contribution in [2.75, 3.05) is 13.1 Å². The molecule has 0 saturated carbocycles. The standard InChI is InChI=1S/C18H15F2N5O2/c1-10-7-22-6-5-11(10)14-12(21-2)3-4-13(26)15(14)16(27)25-17-23-8-18(19,20)9-24-17/h3-7,26H,8-9H2,1H3,(H2,23,24,25,27). The molecule has 1 amide bonds. The molecule has 0 unspecified atom stereocenters. The number of hydrogen-bond donors (Lipinski definition) is 3. The smallest absolute Gasteiger partial charge is 0.284 e. The van der Waals surface area contributed by atoms with Gasteiger partial charge in [0, 0.05) is 18.0 Å². The number of aliphatic imine (C=N–C) groups is 1. The molecular weight excluding hydrogens is 356 g/mol. The van der Waals surface area contributed by atoms with Gasteiger partial charge in [0.1, 0.15) is 12.3 Å². The van der Waals surface area contributed by atoms with Gasteiger partial charge in [0.25, 0.3) is 11.8 Å². The molecule has 0 bridgehead atoms. The summed E-state index contributed by atoms with van der Waals surface area (Å²) in [6.07, 6.45) is 3.08. The van der Waals surface area contributed by atoms with E-state index in [0.29, 0.717) is 11.1 Å². The number of alkyl halides is 2. The lowest BCUT2D eigenvalue weighted by Gasteiger charge is -2.23. The maximum absolute atomic E-state index is 13.2. The number of carbonyl (C=O) groups is 1. The maximum atomic E-state index is 13.2. The van der Waals surface area contributed by atoms with E-state index in [-0.39, 0.29) is 28.5 Å². The van der Waals surface area contributed by atoms with Gasteiger partial charge >= 0.3 is 0 Å². The monoisotopic (exact) mass is 371 g/mol. The number of phenols is 1. The molecule has 0 aliphatic carbocycles. The average molecular weight is 371 g/mol. The number of hydrogen-bond acceptors (Lipinski definition) is 5. The Labute approximate surface area is 153 Å². The lowest BCUT2D eigenvalue weighted by molar-refractivity contribution is 0.0120. The van der Waals surface area contributed by atoms with E-state index in [4.69, 9.17) is 6.57 Å². The molecule has 2 heterocycles. The second kappa shape index (κ2) is 6.99. The number of halogens is 2. The number of pyridine rings is 1. The van der Waals surface area contributed by atoms with Crippen LogP contribution in [0.2, 0.25) is 0 Å². The zero-order valence-corrected chi connectivity index (χ0v) is 14.3. The van der Waals surface area contributed by atoms with Gasteiger partial charge in [-0.25, -0.2) is 18.6 Å². The van der Waals surface area contributed by atoms with E-state index < -0.39 is 24.9 Å². The van der Waals surface area contributed by atoms with Crippen LogP contribution in [0.5, 0.6) is 5.75 Å². The van der Waals surface area contributed by atoms with Gasteiger partial charge in [0.2, 0.25) is 0 Å². The van der Waals surface area contributed by atoms with Crippen LogP contribution in [0.3, 0.4) is 0 Å². The molecule has 3 rings (SSSR count). The van der Waals surface area contributed by atoms with Crippen molar-refractivity contribution in [1.29, 1.82) is 0 Å². The second-order valence-corrected chi connectivity index (χ2v) is 5.98. The van der Waals surface area contributed by atoms with Gasteiger partial charge in [0.15, 0.2) is 11.6 Å². The first kappa shape index (κ1) is 18.3. The summed E-state index contributed by atoms with van der Waals surface area (Å²) in [7, 11) is 0. The summed E-state index contributed by atoms with van der Waals surface area (Å²) in [5.74, 6) is -4.20. The van der Waals surface area contributed by atoms with Gasteiger partial charge in [-0.05, 0) is 30.2 Å². The Hall–Kier alpha value is -3.54. The quantitative estimate of drug-likeness (QED) is 0.708. The predicted octanol–water partition coefficient (Wildman–Crippen LogP) is 2.64. The first-order valence-electron chi connectivity index (χ1n) is 7.94. The molecule has 7 nitrogen and oxygen atoms in total. The Morgan fingerprint density at radius 3 is 2.81 bits per heavy atom. The van der Waals surface area contributed by atoms with Gasteiger partial charge in [-0.2, -0.15) is 0 Å². The molecule has 138 valence electrons. The van der Waals surface area contributed by atoms with Crippen molar-refractivity contribution < 1.29 is 18.7 Å². The first-order chi connectivity index (χ1) is 12.8. The number of aromatic hydroxyl groups is 1. The third-order valence-corrected chi connectivity index (χ3v) is 4.01. The number of carbonyl (C=O) groups excluding carboxylic acids is 1. The minimum absolute atomic E-state index is 0.115. The molecule has 1 aliphatic rings. The summed E-state index contributed by atoms with van der Waals surface area (Å²) in [6.45, 7) is 7.74. The highest BCUT2D eigenvalue weighted by molar-refractivity contribution is 6.12. The van der Waals surface area contributed by atoms with Gasteiger partial charge in [-0.3, -0.25) is 15.1 Å². The summed E-state index contributed by atoms with van der Waals surface area (Å²) in [5.41, 5.74) is 1.53. The van der Waals surface area contributed by atoms with Gasteiger partial charge in [-0.15, -0.1) is 0 Å². The fraction of sp³-hybridized carbons (Fsp3) is 0.222. The van der Waals surface area contributed by atoms with E-state index in [2.05, 4.69) is 25.5 Å². The number of phenolic OH excluding ortho intramolecular Hbond substituents is 1. The van der Waals surface area contributed by atoms with Crippen LogP contribution in [0, 0.1) is 13.5 Å². The highest BCUT2D eigenvalue weighted by Crippen LogP contribution is 2.39. The van der Waals surface area contributed by atoms with E-state index in [9.17, 15) is 18.7 Å². The number of benzene rings is 1. The normalized spacial score (nSPS) is 15.3. The lowest BCUT2D eigenvalue weighted by Crippen LogP contribution is -2.50. The van der Waals surface area contributed by atoms with Crippen molar-refractivity contribution >= 4 is 17.6 Å². The molecule has 1 aliphatic heterocycles. The zero-order chi connectivity index (χ0) is 19.6. The van der Waals surface area contributed by atoms with Crippen LogP contribution in [0.15, 0.2) is 35.6 Å². The number of rotatable bonds is 2. The summed E-state index contributed by atoms with van der Waals surface area (Å²) < 4.78 is 26.3. The molecule has 0 atom stereocenters. The van der Waals surface area contributed by atoms with E-state index in [1.807, 2.05) is 0 Å². The lowest BCUT2D eigenvalue weighted by atomic mass is 9.94. The third-order valence-electron chi connectivity index (χ3n) is 4.01. The summed E-state index contributed by atoms with van der Waals surface area (Å²) in [4.78, 5) is 23.8. The highest BCUT2D eigenvalue weighted by Gasteiger charge is 2.33. The van der Waals surface area contributed by atoms with E-state index in [1.165, 1.54) is 18.3 Å². The van der Waals surface area contributed by atoms with Crippen molar-refractivity contribution in [3.8, 4) is 16.9 Å². The SMILES string of the molecule is [C-]#[N+]c1ccc(O)c(C(=O)NC2=NCC(F)(F)CN2)c1-c1ccncc1C. The number of guanidine groups is 1. The largest absolute Gasteiger partial charge is 0.507 e. The van der Waals surface area contributed by atoms with Crippen molar-refractivity contribution in [3.63, 3.8) is 0 Å². The molecule has 0 saturated heterocycles. The summed E-state index contributed by atoms with van der Waals surface area (Å²) in [6, 6.07) is 4.28. The molecule has 3 N–H and O–H groups in total. The fourth-order valence-electron chi connectivity index (χ4n) is 2.70. The Morgan fingerprint density at radius 1 is 1.41 bits per heavy atom. The van der Waals surface area contributed by atoms with Crippen molar-refractivity contribution in [2.45, 2.75) is 12.8 Å². The van der Waals surface area contributed by atoms with Crippen molar-refractivity contribution in [1.82, 2.24) is 15.6 Å². The number of nitrogens with one attached hydrogen (secondary N) is 2. The fourth-order valence-corrected chi connectivity index (χ4v) is 2.70. The van der Waals surface area contributed by atoms with Crippen molar-refractivity contribution in [2.24, 2.45) is 4.99 Å². The molecule has 0 radical (unpaired) electrons. The van der Waals surface area contributed by atoms with Crippen LogP contribution in [0.1, 0.15) is 15.9 Å². The van der Waals surface area contributed by atoms with Crippen molar-refractivity contribution in [3.05, 3.63) is 53.1 Å². The minimum atomic E-state index is -2.99. The Balaban J connectivity index is 2.05. The molecule has 9 heteroatoms. The van der Waals surface area contributed by atoms with E-state index >= 15 is 0 Å². The molecule has 0 spiro atoms. The first-order valence-corrected chi connectivity index (χ1v) is 7.94. The maximum Gasteiger partial charge on any atom is 0.284 e. The molecule has 27 heavy (non-hydrogen) atoms. The van der Waals surface area contributed by atoms with Crippen LogP contribution in [-0.4, -0.2) is 41.0 Å². The third kappa shape index (κ3) is 3.69. The highest BCUT2D eigenvalue weighted by atomic mass is 19.3. The number of nitrogens with zero attached hydrogens (tertiary/aromatic N) is 3. The molecular formula is C18H15F2N5O2. The molecule has 1 aromatic carbocycles. The topological polar surface area (TPSA) is 91.0 Å². The van der Waals surface area contributed by atoms with Crippen LogP contribution in [-0.2, 0) is 0 Å². The molecule has 0 fully saturated rings. The van der Waals surface area contributed by atoms with Crippen LogP contribution in [0.4, 0.5) is 14.5 Å². The Kier molecular flexibility index (Phi) is 4.73. The van der Waals surface area contributed by atoms with E-state index in [0.717, 1.165) is 0 Å². The van der Waals surface area contributed by atoms with Gasteiger partial charge in [-0.1, -0.05) is 6.07 Å². The van der Waals surface area contributed by atoms with Crippen LogP contribution >= 0.6 is 0 Å². The van der Waals surface area contributed by atoms with E-state index in [1.54, 1.807) is 19.2 Å². The number of amides is 1. The molecule has 2 aromatic rings. The zero-order valence-electron chi connectivity index (χ0n) is 14.3. The predicted molar refractivity (Wildman–Crippen MR) is 95.1 cm³/mol. The minimum Gasteiger partial charge on any atom is -0.507 e. The average Bonchev–Trinajstić information content (AvgIpc) is 2.63. The summed E-state index contributed by atoms with van der Waals surface area (Å²) >= 11 is 0. The van der Waals surface area contributed by atoms with Gasteiger partial charge in [0.05, 0.1) is 18.7 Å². The molecule has 1 aromatic heterocycles. The number of aromatic nitrogens is 1.